The van der Waals surface area contributed by atoms with Crippen molar-refractivity contribution in [1.29, 1.82) is 0 Å². The standard InChI is InChI=1S/C25H31NO3/c1-15(2)14-29-18-9-11-23-22(13-18)20-6-5-7-21(20)24(26-23)19-10-8-17(12-16(19)3)25(27)28-4/h8-13,15,20-21,24,26H,5-7,14H2,1-4H3/t20-,21+,24-/m1/s1. The van der Waals surface area contributed by atoms with Crippen LogP contribution in [0.4, 0.5) is 5.69 Å². The van der Waals surface area contributed by atoms with Crippen molar-refractivity contribution in [2.45, 2.75) is 52.0 Å². The van der Waals surface area contributed by atoms with Gasteiger partial charge in [0, 0.05) is 5.69 Å². The summed E-state index contributed by atoms with van der Waals surface area (Å²) in [6.07, 6.45) is 3.70. The van der Waals surface area contributed by atoms with E-state index in [9.17, 15) is 4.79 Å². The van der Waals surface area contributed by atoms with Gasteiger partial charge < -0.3 is 14.8 Å². The first-order valence-electron chi connectivity index (χ1n) is 10.7. The summed E-state index contributed by atoms with van der Waals surface area (Å²) in [5.41, 5.74) is 5.64. The number of anilines is 1. The van der Waals surface area contributed by atoms with Crippen molar-refractivity contribution in [2.75, 3.05) is 19.0 Å². The molecule has 1 N–H and O–H groups in total. The molecule has 0 aromatic heterocycles. The molecule has 154 valence electrons. The van der Waals surface area contributed by atoms with Crippen LogP contribution in [0, 0.1) is 18.8 Å². The molecule has 0 saturated heterocycles. The molecule has 2 aliphatic rings. The second-order valence-corrected chi connectivity index (χ2v) is 8.84. The molecule has 0 spiro atoms. The highest BCUT2D eigenvalue weighted by atomic mass is 16.5. The first-order chi connectivity index (χ1) is 14.0. The summed E-state index contributed by atoms with van der Waals surface area (Å²) in [7, 11) is 1.42. The van der Waals surface area contributed by atoms with Gasteiger partial charge >= 0.3 is 5.97 Å². The third-order valence-corrected chi connectivity index (χ3v) is 6.34. The predicted molar refractivity (Wildman–Crippen MR) is 116 cm³/mol. The summed E-state index contributed by atoms with van der Waals surface area (Å²) in [6.45, 7) is 7.18. The van der Waals surface area contributed by atoms with Crippen molar-refractivity contribution < 1.29 is 14.3 Å². The topological polar surface area (TPSA) is 47.6 Å². The summed E-state index contributed by atoms with van der Waals surface area (Å²) in [5.74, 6) is 2.32. The van der Waals surface area contributed by atoms with Gasteiger partial charge in [0.1, 0.15) is 5.75 Å². The van der Waals surface area contributed by atoms with Crippen LogP contribution in [0.3, 0.4) is 0 Å². The molecule has 0 amide bonds. The maximum absolute atomic E-state index is 11.9. The number of carbonyl (C=O) groups excluding carboxylic acids is 1. The SMILES string of the molecule is COC(=O)c1ccc([C@H]2Nc3ccc(OCC(C)C)cc3[C@@H]3CCC[C@H]23)c(C)c1. The van der Waals surface area contributed by atoms with Crippen molar-refractivity contribution in [2.24, 2.45) is 11.8 Å². The summed E-state index contributed by atoms with van der Waals surface area (Å²) in [4.78, 5) is 11.9. The monoisotopic (exact) mass is 393 g/mol. The number of fused-ring (bicyclic) bond motifs is 3. The van der Waals surface area contributed by atoms with Crippen molar-refractivity contribution >= 4 is 11.7 Å². The number of esters is 1. The highest BCUT2D eigenvalue weighted by Gasteiger charge is 2.40. The fraction of sp³-hybridized carbons (Fsp3) is 0.480. The van der Waals surface area contributed by atoms with Crippen molar-refractivity contribution in [3.05, 3.63) is 58.7 Å². The summed E-state index contributed by atoms with van der Waals surface area (Å²) in [6, 6.07) is 12.7. The number of methoxy groups -OCH3 is 1. The average molecular weight is 394 g/mol. The largest absolute Gasteiger partial charge is 0.493 e. The molecule has 0 unspecified atom stereocenters. The van der Waals surface area contributed by atoms with Crippen LogP contribution < -0.4 is 10.1 Å². The molecular weight excluding hydrogens is 362 g/mol. The minimum atomic E-state index is -0.283. The Morgan fingerprint density at radius 1 is 1.14 bits per heavy atom. The molecule has 2 aromatic rings. The first kappa shape index (κ1) is 19.8. The third-order valence-electron chi connectivity index (χ3n) is 6.34. The van der Waals surface area contributed by atoms with E-state index in [-0.39, 0.29) is 12.0 Å². The molecular formula is C25H31NO3. The second kappa shape index (κ2) is 8.10. The van der Waals surface area contributed by atoms with Gasteiger partial charge in [-0.2, -0.15) is 0 Å². The van der Waals surface area contributed by atoms with Gasteiger partial charge in [-0.25, -0.2) is 4.79 Å². The Balaban J connectivity index is 1.64. The van der Waals surface area contributed by atoms with E-state index < -0.39 is 0 Å². The minimum Gasteiger partial charge on any atom is -0.493 e. The molecule has 1 aliphatic heterocycles. The maximum Gasteiger partial charge on any atom is 0.337 e. The van der Waals surface area contributed by atoms with Crippen LogP contribution in [0.15, 0.2) is 36.4 Å². The molecule has 4 heteroatoms. The maximum atomic E-state index is 11.9. The van der Waals surface area contributed by atoms with E-state index in [4.69, 9.17) is 9.47 Å². The summed E-state index contributed by atoms with van der Waals surface area (Å²) >= 11 is 0. The molecule has 0 radical (unpaired) electrons. The van der Waals surface area contributed by atoms with Crippen molar-refractivity contribution in [3.63, 3.8) is 0 Å². The van der Waals surface area contributed by atoms with E-state index in [1.54, 1.807) is 0 Å². The average Bonchev–Trinajstić information content (AvgIpc) is 3.21. The van der Waals surface area contributed by atoms with Crippen LogP contribution >= 0.6 is 0 Å². The van der Waals surface area contributed by atoms with Crippen LogP contribution in [0.1, 0.15) is 72.1 Å². The number of carbonyl (C=O) groups is 1. The van der Waals surface area contributed by atoms with Gasteiger partial charge in [-0.15, -0.1) is 0 Å². The molecule has 4 rings (SSSR count). The third kappa shape index (κ3) is 3.85. The quantitative estimate of drug-likeness (QED) is 0.646. The molecule has 0 bridgehead atoms. The zero-order valence-electron chi connectivity index (χ0n) is 17.8. The Morgan fingerprint density at radius 3 is 2.69 bits per heavy atom. The van der Waals surface area contributed by atoms with Gasteiger partial charge in [-0.05, 0) is 84.5 Å². The van der Waals surface area contributed by atoms with Crippen LogP contribution in [0.2, 0.25) is 0 Å². The normalized spacial score (nSPS) is 22.6. The lowest BCUT2D eigenvalue weighted by atomic mass is 9.76. The van der Waals surface area contributed by atoms with Gasteiger partial charge in [-0.1, -0.05) is 26.3 Å². The Bertz CT molecular complexity index is 905. The lowest BCUT2D eigenvalue weighted by Crippen LogP contribution is -2.29. The van der Waals surface area contributed by atoms with E-state index >= 15 is 0 Å². The van der Waals surface area contributed by atoms with E-state index in [2.05, 4.69) is 50.4 Å². The van der Waals surface area contributed by atoms with Gasteiger partial charge in [-0.3, -0.25) is 0 Å². The smallest absolute Gasteiger partial charge is 0.337 e. The Kier molecular flexibility index (Phi) is 5.53. The highest BCUT2D eigenvalue weighted by Crippen LogP contribution is 2.53. The van der Waals surface area contributed by atoms with E-state index in [0.29, 0.717) is 23.3 Å². The summed E-state index contributed by atoms with van der Waals surface area (Å²) < 4.78 is 10.9. The molecule has 4 nitrogen and oxygen atoms in total. The highest BCUT2D eigenvalue weighted by molar-refractivity contribution is 5.89. The Morgan fingerprint density at radius 2 is 1.97 bits per heavy atom. The number of aryl methyl sites for hydroxylation is 1. The molecule has 29 heavy (non-hydrogen) atoms. The van der Waals surface area contributed by atoms with Gasteiger partial charge in [0.15, 0.2) is 0 Å². The zero-order valence-corrected chi connectivity index (χ0v) is 17.8. The lowest BCUT2D eigenvalue weighted by Gasteiger charge is -2.38. The Hall–Kier alpha value is -2.49. The molecule has 1 saturated carbocycles. The van der Waals surface area contributed by atoms with E-state index in [1.165, 1.54) is 43.2 Å². The van der Waals surface area contributed by atoms with E-state index in [0.717, 1.165) is 17.9 Å². The number of nitrogens with one attached hydrogen (secondary N) is 1. The molecule has 2 aromatic carbocycles. The molecule has 1 fully saturated rings. The van der Waals surface area contributed by atoms with Gasteiger partial charge in [0.2, 0.25) is 0 Å². The van der Waals surface area contributed by atoms with Gasteiger partial charge in [0.05, 0.1) is 25.3 Å². The fourth-order valence-corrected chi connectivity index (χ4v) is 4.96. The molecule has 1 aliphatic carbocycles. The van der Waals surface area contributed by atoms with E-state index in [1.807, 2.05) is 12.1 Å². The molecule has 1 heterocycles. The van der Waals surface area contributed by atoms with Crippen molar-refractivity contribution in [3.8, 4) is 5.75 Å². The van der Waals surface area contributed by atoms with Crippen LogP contribution in [0.5, 0.6) is 5.75 Å². The number of ether oxygens (including phenoxy) is 2. The van der Waals surface area contributed by atoms with Crippen LogP contribution in [-0.4, -0.2) is 19.7 Å². The number of benzene rings is 2. The summed E-state index contributed by atoms with van der Waals surface area (Å²) in [5, 5.41) is 3.81. The van der Waals surface area contributed by atoms with Crippen LogP contribution in [0.25, 0.3) is 0 Å². The number of hydrogen-bond acceptors (Lipinski definition) is 4. The second-order valence-electron chi connectivity index (χ2n) is 8.84. The van der Waals surface area contributed by atoms with Crippen LogP contribution in [-0.2, 0) is 4.74 Å². The van der Waals surface area contributed by atoms with Crippen molar-refractivity contribution in [1.82, 2.24) is 0 Å². The minimum absolute atomic E-state index is 0.268. The van der Waals surface area contributed by atoms with Gasteiger partial charge in [0.25, 0.3) is 0 Å². The fourth-order valence-electron chi connectivity index (χ4n) is 4.96. The number of hydrogen-bond donors (Lipinski definition) is 1. The first-order valence-corrected chi connectivity index (χ1v) is 10.7. The molecule has 3 atom stereocenters. The number of rotatable bonds is 5. The zero-order chi connectivity index (χ0) is 20.5. The lowest BCUT2D eigenvalue weighted by molar-refractivity contribution is 0.0600. The Labute approximate surface area is 173 Å². The predicted octanol–water partition coefficient (Wildman–Crippen LogP) is 5.87.